The van der Waals surface area contributed by atoms with E-state index in [2.05, 4.69) is 20.2 Å². The first-order valence-corrected chi connectivity index (χ1v) is 15.5. The number of methoxy groups -OCH3 is 1. The molecule has 2 heterocycles. The molecule has 47 heavy (non-hydrogen) atoms. The molecule has 1 saturated carbocycles. The second-order valence-corrected chi connectivity index (χ2v) is 11.8. The molecule has 0 radical (unpaired) electrons. The number of amides is 2. The molecule has 2 fully saturated rings. The van der Waals surface area contributed by atoms with Gasteiger partial charge in [0.1, 0.15) is 17.6 Å². The second kappa shape index (κ2) is 13.5. The number of primary amides is 1. The fourth-order valence-electron chi connectivity index (χ4n) is 5.96. The molecule has 1 aliphatic heterocycles. The molecule has 246 valence electrons. The summed E-state index contributed by atoms with van der Waals surface area (Å²) < 4.78 is 47.0. The SMILES string of the molecule is COc1cc2c(Oc3ccc(N(C(=O)[C@]4(C(N)=O)C[C@H]4C)c4ccc(F)cc4)cc3F)ncnc2cc1OCCCN1CCNCC1. The Hall–Kier alpha value is -4.88. The van der Waals surface area contributed by atoms with Crippen molar-refractivity contribution in [1.82, 2.24) is 20.2 Å². The lowest BCUT2D eigenvalue weighted by atomic mass is 10.00. The van der Waals surface area contributed by atoms with Gasteiger partial charge < -0.3 is 30.2 Å². The third-order valence-corrected chi connectivity index (χ3v) is 8.77. The van der Waals surface area contributed by atoms with Gasteiger partial charge in [-0.05, 0) is 61.2 Å². The van der Waals surface area contributed by atoms with Crippen LogP contribution in [0.5, 0.6) is 23.1 Å². The molecule has 1 aliphatic carbocycles. The number of nitrogens with two attached hydrogens (primary N) is 1. The van der Waals surface area contributed by atoms with Crippen LogP contribution in [0.15, 0.2) is 60.9 Å². The minimum absolute atomic E-state index is 0.0798. The zero-order valence-electron chi connectivity index (χ0n) is 26.2. The molecule has 11 nitrogen and oxygen atoms in total. The first kappa shape index (κ1) is 32.1. The van der Waals surface area contributed by atoms with Crippen molar-refractivity contribution < 1.29 is 32.6 Å². The van der Waals surface area contributed by atoms with Gasteiger partial charge in [0.2, 0.25) is 17.7 Å². The Bertz CT molecular complexity index is 1790. The summed E-state index contributed by atoms with van der Waals surface area (Å²) in [7, 11) is 1.52. The Morgan fingerprint density at radius 2 is 1.74 bits per heavy atom. The number of piperazine rings is 1. The topological polar surface area (TPSA) is 132 Å². The predicted octanol–water partition coefficient (Wildman–Crippen LogP) is 4.56. The second-order valence-electron chi connectivity index (χ2n) is 11.8. The summed E-state index contributed by atoms with van der Waals surface area (Å²) in [6.45, 7) is 7.18. The molecule has 1 saturated heterocycles. The Balaban J connectivity index is 1.24. The van der Waals surface area contributed by atoms with Crippen LogP contribution in [0.2, 0.25) is 0 Å². The maximum absolute atomic E-state index is 15.7. The standard InChI is InChI=1S/C34H36F2N6O5/c1-21-19-34(21,32(37)43)33(44)42(23-6-4-22(35)5-7-23)24-8-9-28(26(36)16-24)47-31-25-17-29(45-2)30(18-27(25)39-20-40-31)46-15-3-12-41-13-10-38-11-14-41/h4-9,16-18,20-21,38H,3,10-15,19H2,1-2H3,(H2,37,43)/t21-,34-/m1/s1. The van der Waals surface area contributed by atoms with E-state index in [1.165, 1.54) is 54.7 Å². The summed E-state index contributed by atoms with van der Waals surface area (Å²) in [6, 6.07) is 12.4. The number of nitrogens with zero attached hydrogens (tertiary/aromatic N) is 4. The molecular weight excluding hydrogens is 610 g/mol. The molecule has 4 aromatic rings. The number of carbonyl (C=O) groups is 2. The van der Waals surface area contributed by atoms with Gasteiger partial charge in [-0.1, -0.05) is 6.92 Å². The van der Waals surface area contributed by atoms with E-state index in [0.29, 0.717) is 29.0 Å². The number of halogens is 2. The van der Waals surface area contributed by atoms with Crippen LogP contribution >= 0.6 is 0 Å². The highest BCUT2D eigenvalue weighted by atomic mass is 19.1. The number of nitrogens with one attached hydrogen (secondary N) is 1. The van der Waals surface area contributed by atoms with Crippen LogP contribution < -0.4 is 30.2 Å². The van der Waals surface area contributed by atoms with Crippen LogP contribution in [0.25, 0.3) is 10.9 Å². The smallest absolute Gasteiger partial charge is 0.247 e. The largest absolute Gasteiger partial charge is 0.493 e. The zero-order chi connectivity index (χ0) is 33.1. The maximum atomic E-state index is 15.7. The van der Waals surface area contributed by atoms with Gasteiger partial charge in [-0.15, -0.1) is 0 Å². The number of anilines is 2. The Morgan fingerprint density at radius 1 is 1.02 bits per heavy atom. The lowest BCUT2D eigenvalue weighted by Gasteiger charge is -2.27. The van der Waals surface area contributed by atoms with E-state index in [-0.39, 0.29) is 35.3 Å². The van der Waals surface area contributed by atoms with E-state index in [9.17, 15) is 14.0 Å². The van der Waals surface area contributed by atoms with Crippen LogP contribution in [0, 0.1) is 23.0 Å². The van der Waals surface area contributed by atoms with Gasteiger partial charge in [-0.2, -0.15) is 0 Å². The Morgan fingerprint density at radius 3 is 2.40 bits per heavy atom. The lowest BCUT2D eigenvalue weighted by Crippen LogP contribution is -2.43. The van der Waals surface area contributed by atoms with E-state index in [4.69, 9.17) is 19.9 Å². The average Bonchev–Trinajstić information content (AvgIpc) is 3.77. The van der Waals surface area contributed by atoms with Gasteiger partial charge in [-0.25, -0.2) is 18.7 Å². The quantitative estimate of drug-likeness (QED) is 0.168. The van der Waals surface area contributed by atoms with E-state index in [1.54, 1.807) is 19.1 Å². The molecule has 2 atom stereocenters. The van der Waals surface area contributed by atoms with Crippen molar-refractivity contribution in [3.8, 4) is 23.1 Å². The fourth-order valence-corrected chi connectivity index (χ4v) is 5.96. The minimum atomic E-state index is -1.44. The van der Waals surface area contributed by atoms with Crippen molar-refractivity contribution in [1.29, 1.82) is 0 Å². The number of rotatable bonds is 12. The van der Waals surface area contributed by atoms with E-state index >= 15 is 4.39 Å². The predicted molar refractivity (Wildman–Crippen MR) is 171 cm³/mol. The fraction of sp³-hybridized carbons (Fsp3) is 0.353. The molecule has 6 rings (SSSR count). The van der Waals surface area contributed by atoms with Crippen molar-refractivity contribution in [3.63, 3.8) is 0 Å². The van der Waals surface area contributed by atoms with E-state index in [0.717, 1.165) is 45.2 Å². The van der Waals surface area contributed by atoms with Gasteiger partial charge in [-0.3, -0.25) is 14.5 Å². The highest BCUT2D eigenvalue weighted by Gasteiger charge is 2.64. The molecule has 1 aromatic heterocycles. The first-order valence-electron chi connectivity index (χ1n) is 15.5. The minimum Gasteiger partial charge on any atom is -0.493 e. The van der Waals surface area contributed by atoms with Crippen LogP contribution in [0.1, 0.15) is 19.8 Å². The summed E-state index contributed by atoms with van der Waals surface area (Å²) in [5.41, 5.74) is 5.07. The number of ether oxygens (including phenoxy) is 3. The number of hydrogen-bond donors (Lipinski definition) is 2. The van der Waals surface area contributed by atoms with Gasteiger partial charge in [0, 0.05) is 50.5 Å². The van der Waals surface area contributed by atoms with Gasteiger partial charge in [0.15, 0.2) is 23.1 Å². The van der Waals surface area contributed by atoms with Gasteiger partial charge in [0.05, 0.1) is 30.3 Å². The number of aromatic nitrogens is 2. The third kappa shape index (κ3) is 6.54. The molecule has 0 bridgehead atoms. The van der Waals surface area contributed by atoms with Crippen LogP contribution in [0.3, 0.4) is 0 Å². The third-order valence-electron chi connectivity index (χ3n) is 8.77. The first-order chi connectivity index (χ1) is 22.7. The summed E-state index contributed by atoms with van der Waals surface area (Å²) in [5, 5.41) is 3.81. The summed E-state index contributed by atoms with van der Waals surface area (Å²) >= 11 is 0. The van der Waals surface area contributed by atoms with Crippen LogP contribution in [-0.2, 0) is 9.59 Å². The highest BCUT2D eigenvalue weighted by Crippen LogP contribution is 2.54. The number of benzene rings is 3. The molecule has 3 N–H and O–H groups in total. The molecule has 0 spiro atoms. The van der Waals surface area contributed by atoms with Gasteiger partial charge >= 0.3 is 0 Å². The van der Waals surface area contributed by atoms with Crippen molar-refractivity contribution in [2.45, 2.75) is 19.8 Å². The van der Waals surface area contributed by atoms with Crippen LogP contribution in [-0.4, -0.2) is 73.1 Å². The highest BCUT2D eigenvalue weighted by molar-refractivity contribution is 6.17. The molecule has 13 heteroatoms. The maximum Gasteiger partial charge on any atom is 0.247 e. The van der Waals surface area contributed by atoms with Crippen molar-refractivity contribution in [2.24, 2.45) is 17.1 Å². The van der Waals surface area contributed by atoms with Crippen molar-refractivity contribution in [2.75, 3.05) is 51.3 Å². The summed E-state index contributed by atoms with van der Waals surface area (Å²) in [6.07, 6.45) is 2.41. The number of carbonyl (C=O) groups excluding carboxylic acids is 2. The molecular formula is C34H36F2N6O5. The van der Waals surface area contributed by atoms with E-state index in [1.807, 2.05) is 0 Å². The van der Waals surface area contributed by atoms with Crippen LogP contribution in [0.4, 0.5) is 20.2 Å². The van der Waals surface area contributed by atoms with E-state index < -0.39 is 28.9 Å². The zero-order valence-corrected chi connectivity index (χ0v) is 26.2. The lowest BCUT2D eigenvalue weighted by molar-refractivity contribution is -0.134. The van der Waals surface area contributed by atoms with Crippen molar-refractivity contribution >= 4 is 34.1 Å². The normalized spacial score (nSPS) is 19.3. The molecule has 0 unspecified atom stereocenters. The average molecular weight is 647 g/mol. The Kier molecular flexibility index (Phi) is 9.19. The summed E-state index contributed by atoms with van der Waals surface area (Å²) in [4.78, 5) is 38.3. The van der Waals surface area contributed by atoms with Gasteiger partial charge in [0.25, 0.3) is 0 Å². The molecule has 2 amide bonds. The monoisotopic (exact) mass is 646 g/mol. The Labute approximate surface area is 270 Å². The number of fused-ring (bicyclic) bond motifs is 1. The summed E-state index contributed by atoms with van der Waals surface area (Å²) in [5.74, 6) is -2.13. The number of hydrogen-bond acceptors (Lipinski definition) is 9. The molecule has 3 aromatic carbocycles. The van der Waals surface area contributed by atoms with Crippen molar-refractivity contribution in [3.05, 3.63) is 72.6 Å². The molecule has 2 aliphatic rings.